The lowest BCUT2D eigenvalue weighted by Gasteiger charge is -2.00. The SMILES string of the molecule is CCCC#Cc1cnc2c(N)cccc2c1. The number of nitrogens with two attached hydrogens (primary N) is 1. The van der Waals surface area contributed by atoms with Crippen LogP contribution in [0.25, 0.3) is 10.9 Å². The number of para-hydroxylation sites is 1. The second kappa shape index (κ2) is 4.67. The van der Waals surface area contributed by atoms with Gasteiger partial charge in [-0.15, -0.1) is 0 Å². The summed E-state index contributed by atoms with van der Waals surface area (Å²) in [6, 6.07) is 7.82. The van der Waals surface area contributed by atoms with E-state index in [4.69, 9.17) is 5.73 Å². The monoisotopic (exact) mass is 210 g/mol. The van der Waals surface area contributed by atoms with Gasteiger partial charge in [0.05, 0.1) is 11.2 Å². The predicted molar refractivity (Wildman–Crippen MR) is 67.9 cm³/mol. The molecule has 0 bridgehead atoms. The summed E-state index contributed by atoms with van der Waals surface area (Å²) in [5.41, 5.74) is 8.34. The zero-order valence-electron chi connectivity index (χ0n) is 9.33. The third kappa shape index (κ3) is 2.14. The Kier molecular flexibility index (Phi) is 3.07. The predicted octanol–water partition coefficient (Wildman–Crippen LogP) is 2.97. The second-order valence-electron chi connectivity index (χ2n) is 3.69. The molecule has 1 aromatic heterocycles. The largest absolute Gasteiger partial charge is 0.397 e. The van der Waals surface area contributed by atoms with Crippen LogP contribution < -0.4 is 5.73 Å². The zero-order chi connectivity index (χ0) is 11.4. The molecule has 2 nitrogen and oxygen atoms in total. The highest BCUT2D eigenvalue weighted by Crippen LogP contribution is 2.18. The first kappa shape index (κ1) is 10.5. The maximum atomic E-state index is 5.83. The molecule has 0 fully saturated rings. The van der Waals surface area contributed by atoms with Crippen molar-refractivity contribution in [2.75, 3.05) is 5.73 Å². The lowest BCUT2D eigenvalue weighted by atomic mass is 10.1. The molecule has 0 amide bonds. The third-order valence-corrected chi connectivity index (χ3v) is 2.35. The average Bonchev–Trinajstić information content (AvgIpc) is 2.30. The van der Waals surface area contributed by atoms with Crippen LogP contribution in [0.15, 0.2) is 30.5 Å². The maximum Gasteiger partial charge on any atom is 0.0932 e. The number of fused-ring (bicyclic) bond motifs is 1. The number of nitrogens with zero attached hydrogens (tertiary/aromatic N) is 1. The van der Waals surface area contributed by atoms with E-state index in [0.29, 0.717) is 5.69 Å². The third-order valence-electron chi connectivity index (χ3n) is 2.35. The molecule has 2 aromatic rings. The van der Waals surface area contributed by atoms with Crippen molar-refractivity contribution in [1.82, 2.24) is 4.98 Å². The summed E-state index contributed by atoms with van der Waals surface area (Å²) in [4.78, 5) is 4.33. The van der Waals surface area contributed by atoms with E-state index in [1.54, 1.807) is 6.20 Å². The van der Waals surface area contributed by atoms with Gasteiger partial charge in [0.25, 0.3) is 0 Å². The Labute approximate surface area is 95.5 Å². The molecule has 80 valence electrons. The van der Waals surface area contributed by atoms with Crippen molar-refractivity contribution in [3.63, 3.8) is 0 Å². The fourth-order valence-electron chi connectivity index (χ4n) is 1.54. The number of unbranched alkanes of at least 4 members (excludes halogenated alkanes) is 1. The highest BCUT2D eigenvalue weighted by Gasteiger charge is 1.98. The van der Waals surface area contributed by atoms with Gasteiger partial charge in [0.2, 0.25) is 0 Å². The Morgan fingerprint density at radius 2 is 2.25 bits per heavy atom. The summed E-state index contributed by atoms with van der Waals surface area (Å²) >= 11 is 0. The van der Waals surface area contributed by atoms with Crippen molar-refractivity contribution in [2.24, 2.45) is 0 Å². The first-order chi connectivity index (χ1) is 7.81. The van der Waals surface area contributed by atoms with Crippen LogP contribution in [-0.4, -0.2) is 4.98 Å². The number of nitrogen functional groups attached to an aromatic ring is 1. The van der Waals surface area contributed by atoms with Crippen molar-refractivity contribution in [3.05, 3.63) is 36.0 Å². The number of anilines is 1. The number of aromatic nitrogens is 1. The Morgan fingerprint density at radius 1 is 1.38 bits per heavy atom. The van der Waals surface area contributed by atoms with Gasteiger partial charge in [0.15, 0.2) is 0 Å². The van der Waals surface area contributed by atoms with E-state index >= 15 is 0 Å². The van der Waals surface area contributed by atoms with Gasteiger partial charge in [-0.2, -0.15) is 0 Å². The van der Waals surface area contributed by atoms with Gasteiger partial charge in [-0.05, 0) is 18.6 Å². The van der Waals surface area contributed by atoms with Crippen LogP contribution in [-0.2, 0) is 0 Å². The van der Waals surface area contributed by atoms with Crippen molar-refractivity contribution in [2.45, 2.75) is 19.8 Å². The van der Waals surface area contributed by atoms with Crippen molar-refractivity contribution < 1.29 is 0 Å². The fourth-order valence-corrected chi connectivity index (χ4v) is 1.54. The molecule has 0 atom stereocenters. The van der Waals surface area contributed by atoms with Gasteiger partial charge >= 0.3 is 0 Å². The summed E-state index contributed by atoms with van der Waals surface area (Å²) < 4.78 is 0. The van der Waals surface area contributed by atoms with Crippen LogP contribution in [0.4, 0.5) is 5.69 Å². The molecule has 2 rings (SSSR count). The van der Waals surface area contributed by atoms with Gasteiger partial charge in [-0.3, -0.25) is 4.98 Å². The number of hydrogen-bond donors (Lipinski definition) is 1. The molecule has 0 aliphatic carbocycles. The number of rotatable bonds is 1. The van der Waals surface area contributed by atoms with Gasteiger partial charge in [0.1, 0.15) is 0 Å². The minimum atomic E-state index is 0.713. The highest BCUT2D eigenvalue weighted by molar-refractivity contribution is 5.89. The molecule has 0 unspecified atom stereocenters. The Balaban J connectivity index is 2.42. The van der Waals surface area contributed by atoms with Crippen molar-refractivity contribution in [3.8, 4) is 11.8 Å². The molecule has 16 heavy (non-hydrogen) atoms. The van der Waals surface area contributed by atoms with Gasteiger partial charge in [-0.25, -0.2) is 0 Å². The van der Waals surface area contributed by atoms with E-state index in [-0.39, 0.29) is 0 Å². The first-order valence-corrected chi connectivity index (χ1v) is 5.44. The van der Waals surface area contributed by atoms with Crippen LogP contribution in [0.5, 0.6) is 0 Å². The molecule has 0 saturated heterocycles. The average molecular weight is 210 g/mol. The zero-order valence-corrected chi connectivity index (χ0v) is 9.33. The van der Waals surface area contributed by atoms with Crippen LogP contribution in [0, 0.1) is 11.8 Å². The Bertz CT molecular complexity index is 562. The van der Waals surface area contributed by atoms with Crippen LogP contribution in [0.2, 0.25) is 0 Å². The fraction of sp³-hybridized carbons (Fsp3) is 0.214. The normalized spacial score (nSPS) is 9.81. The van der Waals surface area contributed by atoms with E-state index in [9.17, 15) is 0 Å². The minimum Gasteiger partial charge on any atom is -0.397 e. The standard InChI is InChI=1S/C14H14N2/c1-2-3-4-6-11-9-12-7-5-8-13(15)14(12)16-10-11/h5,7-10H,2-3,15H2,1H3. The van der Waals surface area contributed by atoms with Crippen molar-refractivity contribution >= 4 is 16.6 Å². The van der Waals surface area contributed by atoms with E-state index in [2.05, 4.69) is 23.7 Å². The lowest BCUT2D eigenvalue weighted by molar-refractivity contribution is 0.983. The number of hydrogen-bond acceptors (Lipinski definition) is 2. The molecule has 1 heterocycles. The van der Waals surface area contributed by atoms with E-state index in [1.807, 2.05) is 24.3 Å². The van der Waals surface area contributed by atoms with Crippen LogP contribution >= 0.6 is 0 Å². The Morgan fingerprint density at radius 3 is 3.06 bits per heavy atom. The summed E-state index contributed by atoms with van der Waals surface area (Å²) in [5, 5.41) is 1.04. The summed E-state index contributed by atoms with van der Waals surface area (Å²) in [5.74, 6) is 6.21. The molecule has 2 N–H and O–H groups in total. The van der Waals surface area contributed by atoms with Gasteiger partial charge in [-0.1, -0.05) is 30.9 Å². The molecule has 0 spiro atoms. The van der Waals surface area contributed by atoms with Gasteiger partial charge in [0, 0.05) is 23.6 Å². The summed E-state index contributed by atoms with van der Waals surface area (Å²) in [7, 11) is 0. The number of benzene rings is 1. The molecule has 0 aliphatic heterocycles. The molecule has 1 aromatic carbocycles. The van der Waals surface area contributed by atoms with E-state index < -0.39 is 0 Å². The maximum absolute atomic E-state index is 5.83. The summed E-state index contributed by atoms with van der Waals surface area (Å²) in [6.45, 7) is 2.12. The van der Waals surface area contributed by atoms with E-state index in [0.717, 1.165) is 29.3 Å². The second-order valence-corrected chi connectivity index (χ2v) is 3.69. The molecule has 2 heteroatoms. The Hall–Kier alpha value is -2.01. The molecule has 0 radical (unpaired) electrons. The topological polar surface area (TPSA) is 38.9 Å². The van der Waals surface area contributed by atoms with Crippen LogP contribution in [0.3, 0.4) is 0 Å². The van der Waals surface area contributed by atoms with Crippen LogP contribution in [0.1, 0.15) is 25.3 Å². The first-order valence-electron chi connectivity index (χ1n) is 5.44. The van der Waals surface area contributed by atoms with Crippen molar-refractivity contribution in [1.29, 1.82) is 0 Å². The quantitative estimate of drug-likeness (QED) is 0.580. The smallest absolute Gasteiger partial charge is 0.0932 e. The van der Waals surface area contributed by atoms with Gasteiger partial charge < -0.3 is 5.73 Å². The molecule has 0 aliphatic rings. The lowest BCUT2D eigenvalue weighted by Crippen LogP contribution is -1.89. The molecular weight excluding hydrogens is 196 g/mol. The van der Waals surface area contributed by atoms with E-state index in [1.165, 1.54) is 0 Å². The minimum absolute atomic E-state index is 0.713. The molecule has 0 saturated carbocycles. The summed E-state index contributed by atoms with van der Waals surface area (Å²) in [6.07, 6.45) is 3.79. The molecular formula is C14H14N2. The number of pyridine rings is 1. The highest BCUT2D eigenvalue weighted by atomic mass is 14.7.